The minimum atomic E-state index is 0.809. The van der Waals surface area contributed by atoms with E-state index in [-0.39, 0.29) is 0 Å². The molecule has 1 aromatic carbocycles. The summed E-state index contributed by atoms with van der Waals surface area (Å²) in [5, 5.41) is 3.43. The van der Waals surface area contributed by atoms with Crippen molar-refractivity contribution in [3.63, 3.8) is 0 Å². The van der Waals surface area contributed by atoms with E-state index in [9.17, 15) is 0 Å². The Labute approximate surface area is 98.7 Å². The number of benzene rings is 1. The molecule has 1 heterocycles. The molecule has 88 valence electrons. The second-order valence-electron chi connectivity index (χ2n) is 4.98. The lowest BCUT2D eigenvalue weighted by molar-refractivity contribution is 0.577. The van der Waals surface area contributed by atoms with Crippen molar-refractivity contribution in [1.82, 2.24) is 5.32 Å². The average molecular weight is 218 g/mol. The summed E-state index contributed by atoms with van der Waals surface area (Å²) in [7, 11) is 2.22. The standard InChI is InChI=1S/C14H22N2/c1-11-5-4-6-12(2)14(11)16(3)10-13-7-8-15-9-13/h4-6,13,15H,7-10H2,1-3H3. The van der Waals surface area contributed by atoms with Crippen LogP contribution in [0.4, 0.5) is 5.69 Å². The lowest BCUT2D eigenvalue weighted by Crippen LogP contribution is -2.27. The molecule has 16 heavy (non-hydrogen) atoms. The van der Waals surface area contributed by atoms with Gasteiger partial charge in [-0.3, -0.25) is 0 Å². The predicted molar refractivity (Wildman–Crippen MR) is 70.2 cm³/mol. The average Bonchev–Trinajstić information content (AvgIpc) is 2.70. The van der Waals surface area contributed by atoms with Crippen LogP contribution in [0.1, 0.15) is 17.5 Å². The molecule has 2 rings (SSSR count). The van der Waals surface area contributed by atoms with Crippen molar-refractivity contribution >= 4 is 5.69 Å². The van der Waals surface area contributed by atoms with Crippen molar-refractivity contribution in [1.29, 1.82) is 0 Å². The molecule has 0 aliphatic carbocycles. The van der Waals surface area contributed by atoms with E-state index in [1.807, 2.05) is 0 Å². The van der Waals surface area contributed by atoms with E-state index >= 15 is 0 Å². The van der Waals surface area contributed by atoms with Crippen molar-refractivity contribution in [2.24, 2.45) is 5.92 Å². The fraction of sp³-hybridized carbons (Fsp3) is 0.571. The molecule has 0 radical (unpaired) electrons. The zero-order valence-electron chi connectivity index (χ0n) is 10.6. The zero-order chi connectivity index (χ0) is 11.5. The van der Waals surface area contributed by atoms with E-state index in [0.717, 1.165) is 5.92 Å². The van der Waals surface area contributed by atoms with Crippen LogP contribution in [0, 0.1) is 19.8 Å². The number of nitrogens with one attached hydrogen (secondary N) is 1. The Morgan fingerprint density at radius 2 is 2.00 bits per heavy atom. The van der Waals surface area contributed by atoms with Crippen molar-refractivity contribution in [2.75, 3.05) is 31.6 Å². The SMILES string of the molecule is Cc1cccc(C)c1N(C)CC1CCNC1. The summed E-state index contributed by atoms with van der Waals surface area (Å²) in [5.74, 6) is 0.809. The number of para-hydroxylation sites is 1. The maximum absolute atomic E-state index is 3.43. The number of rotatable bonds is 3. The third kappa shape index (κ3) is 2.38. The van der Waals surface area contributed by atoms with Crippen LogP contribution in [-0.4, -0.2) is 26.7 Å². The first-order valence-corrected chi connectivity index (χ1v) is 6.16. The Kier molecular flexibility index (Phi) is 3.49. The number of hydrogen-bond donors (Lipinski definition) is 1. The smallest absolute Gasteiger partial charge is 0.0423 e. The van der Waals surface area contributed by atoms with Crippen LogP contribution in [0.25, 0.3) is 0 Å². The first-order valence-electron chi connectivity index (χ1n) is 6.16. The van der Waals surface area contributed by atoms with Gasteiger partial charge in [-0.15, -0.1) is 0 Å². The van der Waals surface area contributed by atoms with E-state index in [1.54, 1.807) is 0 Å². The summed E-state index contributed by atoms with van der Waals surface area (Å²) >= 11 is 0. The summed E-state index contributed by atoms with van der Waals surface area (Å²) < 4.78 is 0. The van der Waals surface area contributed by atoms with Crippen LogP contribution < -0.4 is 10.2 Å². The van der Waals surface area contributed by atoms with Crippen molar-refractivity contribution in [3.8, 4) is 0 Å². The lowest BCUT2D eigenvalue weighted by atomic mass is 10.1. The van der Waals surface area contributed by atoms with E-state index in [4.69, 9.17) is 0 Å². The fourth-order valence-corrected chi connectivity index (χ4v) is 2.76. The second kappa shape index (κ2) is 4.88. The largest absolute Gasteiger partial charge is 0.374 e. The predicted octanol–water partition coefficient (Wildman–Crippen LogP) is 2.35. The molecule has 1 aromatic rings. The number of aryl methyl sites for hydroxylation is 2. The van der Waals surface area contributed by atoms with Gasteiger partial charge in [-0.2, -0.15) is 0 Å². The van der Waals surface area contributed by atoms with Crippen LogP contribution in [0.3, 0.4) is 0 Å². The molecule has 1 aliphatic rings. The molecule has 2 nitrogen and oxygen atoms in total. The Bertz CT molecular complexity index is 334. The molecule has 2 heteroatoms. The Balaban J connectivity index is 2.10. The van der Waals surface area contributed by atoms with E-state index < -0.39 is 0 Å². The molecular weight excluding hydrogens is 196 g/mol. The van der Waals surface area contributed by atoms with E-state index in [1.165, 1.54) is 42.9 Å². The third-order valence-corrected chi connectivity index (χ3v) is 3.52. The van der Waals surface area contributed by atoms with Gasteiger partial charge in [0.2, 0.25) is 0 Å². The van der Waals surface area contributed by atoms with Crippen molar-refractivity contribution < 1.29 is 0 Å². The number of hydrogen-bond acceptors (Lipinski definition) is 2. The van der Waals surface area contributed by atoms with Crippen LogP contribution in [-0.2, 0) is 0 Å². The van der Waals surface area contributed by atoms with E-state index in [2.05, 4.69) is 49.3 Å². The molecular formula is C14H22N2. The van der Waals surface area contributed by atoms with Gasteiger partial charge in [0.15, 0.2) is 0 Å². The number of anilines is 1. The van der Waals surface area contributed by atoms with Gasteiger partial charge in [0.25, 0.3) is 0 Å². The van der Waals surface area contributed by atoms with Gasteiger partial charge in [-0.05, 0) is 50.4 Å². The van der Waals surface area contributed by atoms with Gasteiger partial charge < -0.3 is 10.2 Å². The highest BCUT2D eigenvalue weighted by Crippen LogP contribution is 2.24. The Hall–Kier alpha value is -1.02. The van der Waals surface area contributed by atoms with Gasteiger partial charge in [0.05, 0.1) is 0 Å². The summed E-state index contributed by atoms with van der Waals surface area (Å²) in [6, 6.07) is 6.54. The van der Waals surface area contributed by atoms with Crippen LogP contribution in [0.5, 0.6) is 0 Å². The van der Waals surface area contributed by atoms with Crippen LogP contribution in [0.2, 0.25) is 0 Å². The number of nitrogens with zero attached hydrogens (tertiary/aromatic N) is 1. The van der Waals surface area contributed by atoms with Gasteiger partial charge >= 0.3 is 0 Å². The fourth-order valence-electron chi connectivity index (χ4n) is 2.76. The first kappa shape index (κ1) is 11.5. The van der Waals surface area contributed by atoms with Crippen molar-refractivity contribution in [2.45, 2.75) is 20.3 Å². The normalized spacial score (nSPS) is 20.1. The molecule has 1 aliphatic heterocycles. The molecule has 0 aromatic heterocycles. The topological polar surface area (TPSA) is 15.3 Å². The Morgan fingerprint density at radius 3 is 2.56 bits per heavy atom. The van der Waals surface area contributed by atoms with Gasteiger partial charge in [-0.25, -0.2) is 0 Å². The molecule has 0 spiro atoms. The molecule has 0 saturated carbocycles. The molecule has 1 atom stereocenters. The maximum Gasteiger partial charge on any atom is 0.0423 e. The third-order valence-electron chi connectivity index (χ3n) is 3.52. The quantitative estimate of drug-likeness (QED) is 0.838. The first-order chi connectivity index (χ1) is 7.68. The zero-order valence-corrected chi connectivity index (χ0v) is 10.6. The second-order valence-corrected chi connectivity index (χ2v) is 4.98. The highest BCUT2D eigenvalue weighted by atomic mass is 15.1. The minimum Gasteiger partial charge on any atom is -0.374 e. The van der Waals surface area contributed by atoms with Crippen LogP contribution >= 0.6 is 0 Å². The molecule has 0 bridgehead atoms. The minimum absolute atomic E-state index is 0.809. The summed E-state index contributed by atoms with van der Waals surface area (Å²) in [6.45, 7) is 7.93. The lowest BCUT2D eigenvalue weighted by Gasteiger charge is -2.26. The maximum atomic E-state index is 3.43. The highest BCUT2D eigenvalue weighted by molar-refractivity contribution is 5.58. The molecule has 1 fully saturated rings. The van der Waals surface area contributed by atoms with Crippen LogP contribution in [0.15, 0.2) is 18.2 Å². The highest BCUT2D eigenvalue weighted by Gasteiger charge is 2.17. The van der Waals surface area contributed by atoms with Gasteiger partial charge in [-0.1, -0.05) is 18.2 Å². The summed E-state index contributed by atoms with van der Waals surface area (Å²) in [5.41, 5.74) is 4.18. The van der Waals surface area contributed by atoms with Crippen molar-refractivity contribution in [3.05, 3.63) is 29.3 Å². The van der Waals surface area contributed by atoms with Gasteiger partial charge in [0.1, 0.15) is 0 Å². The molecule has 0 amide bonds. The van der Waals surface area contributed by atoms with E-state index in [0.29, 0.717) is 0 Å². The van der Waals surface area contributed by atoms with Gasteiger partial charge in [0, 0.05) is 19.3 Å². The monoisotopic (exact) mass is 218 g/mol. The molecule has 1 N–H and O–H groups in total. The molecule has 1 unspecified atom stereocenters. The molecule has 1 saturated heterocycles. The Morgan fingerprint density at radius 1 is 1.31 bits per heavy atom. The summed E-state index contributed by atoms with van der Waals surface area (Å²) in [6.07, 6.45) is 1.31. The summed E-state index contributed by atoms with van der Waals surface area (Å²) in [4.78, 5) is 2.42.